The van der Waals surface area contributed by atoms with Crippen molar-refractivity contribution in [3.63, 3.8) is 0 Å². The molecule has 0 saturated carbocycles. The first-order valence-electron chi connectivity index (χ1n) is 9.11. The molecule has 1 fully saturated rings. The molecule has 5 nitrogen and oxygen atoms in total. The van der Waals surface area contributed by atoms with Crippen LogP contribution < -0.4 is 10.5 Å². The van der Waals surface area contributed by atoms with Crippen LogP contribution in [0.2, 0.25) is 0 Å². The predicted molar refractivity (Wildman–Crippen MR) is 107 cm³/mol. The van der Waals surface area contributed by atoms with E-state index in [2.05, 4.69) is 21.8 Å². The van der Waals surface area contributed by atoms with E-state index >= 15 is 0 Å². The molecule has 2 aliphatic rings. The standard InChI is InChI=1S/C14H21N3O2S.C6H4F2/c1-20(18)16-13-3-2-10-6-17(7-11(10)4-13)14-5-12(15)8-19-9-14;7-5-1-2-6(8)4-3-5/h2-4,12,14,16H,5-9,15H2,1H3;1-4H. The second-order valence-electron chi connectivity index (χ2n) is 7.07. The van der Waals surface area contributed by atoms with Gasteiger partial charge < -0.3 is 15.2 Å². The van der Waals surface area contributed by atoms with Gasteiger partial charge >= 0.3 is 0 Å². The molecular weight excluding hydrogens is 384 g/mol. The number of ether oxygens (including phenoxy) is 1. The summed E-state index contributed by atoms with van der Waals surface area (Å²) in [6, 6.07) is 11.1. The van der Waals surface area contributed by atoms with Crippen molar-refractivity contribution >= 4 is 16.7 Å². The quantitative estimate of drug-likeness (QED) is 0.818. The van der Waals surface area contributed by atoms with Gasteiger partial charge in [-0.2, -0.15) is 0 Å². The van der Waals surface area contributed by atoms with Crippen LogP contribution in [-0.4, -0.2) is 40.7 Å². The Morgan fingerprint density at radius 2 is 1.71 bits per heavy atom. The summed E-state index contributed by atoms with van der Waals surface area (Å²) >= 11 is 0. The highest BCUT2D eigenvalue weighted by molar-refractivity contribution is 7.85. The molecule has 2 aliphatic heterocycles. The number of nitrogens with one attached hydrogen (secondary N) is 1. The van der Waals surface area contributed by atoms with E-state index in [9.17, 15) is 13.0 Å². The summed E-state index contributed by atoms with van der Waals surface area (Å²) in [5.74, 6) is -0.821. The van der Waals surface area contributed by atoms with E-state index in [-0.39, 0.29) is 6.04 Å². The lowest BCUT2D eigenvalue weighted by molar-refractivity contribution is 0.00549. The highest BCUT2D eigenvalue weighted by Gasteiger charge is 2.30. The molecular formula is C20H25F2N3O2S. The SMILES string of the molecule is CS(=O)Nc1ccc2c(c1)CN(C1COCC(N)C1)C2.Fc1ccc(F)cc1. The van der Waals surface area contributed by atoms with Crippen molar-refractivity contribution in [2.75, 3.05) is 24.2 Å². The molecule has 0 aromatic heterocycles. The van der Waals surface area contributed by atoms with Gasteiger partial charge in [0.15, 0.2) is 0 Å². The number of benzene rings is 2. The second-order valence-corrected chi connectivity index (χ2v) is 8.18. The third kappa shape index (κ3) is 5.81. The first kappa shape index (κ1) is 20.9. The lowest BCUT2D eigenvalue weighted by Gasteiger charge is -2.33. The first-order chi connectivity index (χ1) is 13.4. The van der Waals surface area contributed by atoms with Gasteiger partial charge in [-0.25, -0.2) is 13.0 Å². The van der Waals surface area contributed by atoms with E-state index in [1.165, 1.54) is 11.1 Å². The van der Waals surface area contributed by atoms with Crippen molar-refractivity contribution in [3.05, 3.63) is 65.2 Å². The Morgan fingerprint density at radius 3 is 2.32 bits per heavy atom. The zero-order valence-electron chi connectivity index (χ0n) is 15.7. The van der Waals surface area contributed by atoms with Crippen LogP contribution in [0.1, 0.15) is 17.5 Å². The summed E-state index contributed by atoms with van der Waals surface area (Å²) in [6.45, 7) is 3.31. The van der Waals surface area contributed by atoms with Gasteiger partial charge in [0.2, 0.25) is 0 Å². The zero-order valence-corrected chi connectivity index (χ0v) is 16.6. The number of hydrogen-bond donors (Lipinski definition) is 2. The van der Waals surface area contributed by atoms with Gasteiger partial charge in [-0.1, -0.05) is 6.07 Å². The van der Waals surface area contributed by atoms with E-state index in [0.29, 0.717) is 12.6 Å². The highest BCUT2D eigenvalue weighted by atomic mass is 32.2. The van der Waals surface area contributed by atoms with Crippen molar-refractivity contribution in [1.82, 2.24) is 4.90 Å². The van der Waals surface area contributed by atoms with Crippen LogP contribution in [0.5, 0.6) is 0 Å². The van der Waals surface area contributed by atoms with Crippen LogP contribution in [0.25, 0.3) is 0 Å². The van der Waals surface area contributed by atoms with Gasteiger partial charge in [0.1, 0.15) is 22.6 Å². The maximum absolute atomic E-state index is 11.9. The summed E-state index contributed by atoms with van der Waals surface area (Å²) < 4.78 is 43.6. The molecule has 2 aromatic carbocycles. The maximum Gasteiger partial charge on any atom is 0.123 e. The van der Waals surface area contributed by atoms with Gasteiger partial charge in [0.05, 0.1) is 13.2 Å². The summed E-state index contributed by atoms with van der Waals surface area (Å²) in [4.78, 5) is 2.43. The molecule has 0 spiro atoms. The van der Waals surface area contributed by atoms with Crippen LogP contribution in [0.15, 0.2) is 42.5 Å². The highest BCUT2D eigenvalue weighted by Crippen LogP contribution is 2.29. The molecule has 0 amide bonds. The van der Waals surface area contributed by atoms with Crippen molar-refractivity contribution in [2.24, 2.45) is 5.73 Å². The minimum absolute atomic E-state index is 0.150. The predicted octanol–water partition coefficient (Wildman–Crippen LogP) is 2.79. The van der Waals surface area contributed by atoms with Gasteiger partial charge in [0, 0.05) is 37.1 Å². The molecule has 2 heterocycles. The Morgan fingerprint density at radius 1 is 1.07 bits per heavy atom. The smallest absolute Gasteiger partial charge is 0.123 e. The summed E-state index contributed by atoms with van der Waals surface area (Å²) in [5.41, 5.74) is 9.55. The summed E-state index contributed by atoms with van der Waals surface area (Å²) in [6.07, 6.45) is 2.64. The third-order valence-electron chi connectivity index (χ3n) is 4.75. The van der Waals surface area contributed by atoms with Gasteiger partial charge in [0.25, 0.3) is 0 Å². The number of nitrogens with zero attached hydrogens (tertiary/aromatic N) is 1. The van der Waals surface area contributed by atoms with Crippen molar-refractivity contribution < 1.29 is 17.7 Å². The lowest BCUT2D eigenvalue weighted by Crippen LogP contribution is -2.46. The van der Waals surface area contributed by atoms with Crippen molar-refractivity contribution in [3.8, 4) is 0 Å². The number of fused-ring (bicyclic) bond motifs is 1. The molecule has 1 saturated heterocycles. The lowest BCUT2D eigenvalue weighted by atomic mass is 10.1. The number of halogens is 2. The Labute approximate surface area is 166 Å². The maximum atomic E-state index is 11.9. The third-order valence-corrected chi connectivity index (χ3v) is 5.27. The van der Waals surface area contributed by atoms with Crippen LogP contribution in [0, 0.1) is 11.6 Å². The minimum Gasteiger partial charge on any atom is -0.378 e. The first-order valence-corrected chi connectivity index (χ1v) is 10.7. The van der Waals surface area contributed by atoms with E-state index in [4.69, 9.17) is 10.5 Å². The van der Waals surface area contributed by atoms with Gasteiger partial charge in [-0.05, 0) is 53.9 Å². The topological polar surface area (TPSA) is 67.6 Å². The van der Waals surface area contributed by atoms with Crippen molar-refractivity contribution in [1.29, 1.82) is 0 Å². The number of rotatable bonds is 3. The Bertz CT molecular complexity index is 799. The molecule has 0 aliphatic carbocycles. The van der Waals surface area contributed by atoms with E-state index in [0.717, 1.165) is 56.1 Å². The Hall–Kier alpha value is -1.87. The molecule has 3 N–H and O–H groups in total. The average Bonchev–Trinajstić information content (AvgIpc) is 3.08. The normalized spacial score (nSPS) is 22.7. The second kappa shape index (κ2) is 9.56. The fourth-order valence-corrected chi connectivity index (χ4v) is 3.89. The molecule has 3 unspecified atom stereocenters. The monoisotopic (exact) mass is 409 g/mol. The minimum atomic E-state index is -1.03. The fourth-order valence-electron chi connectivity index (χ4n) is 3.43. The van der Waals surface area contributed by atoms with E-state index in [1.54, 1.807) is 6.26 Å². The fraction of sp³-hybridized carbons (Fsp3) is 0.400. The molecule has 0 bridgehead atoms. The number of nitrogens with two attached hydrogens (primary N) is 1. The van der Waals surface area contributed by atoms with Gasteiger partial charge in [-0.15, -0.1) is 0 Å². The summed E-state index contributed by atoms with van der Waals surface area (Å²) in [5, 5.41) is 0. The molecule has 3 atom stereocenters. The Kier molecular flexibility index (Phi) is 7.12. The van der Waals surface area contributed by atoms with Crippen LogP contribution in [0.3, 0.4) is 0 Å². The molecule has 28 heavy (non-hydrogen) atoms. The molecule has 4 rings (SSSR count). The van der Waals surface area contributed by atoms with Crippen LogP contribution in [0.4, 0.5) is 14.5 Å². The zero-order chi connectivity index (χ0) is 20.1. The summed E-state index contributed by atoms with van der Waals surface area (Å²) in [7, 11) is -1.03. The molecule has 0 radical (unpaired) electrons. The largest absolute Gasteiger partial charge is 0.378 e. The average molecular weight is 410 g/mol. The van der Waals surface area contributed by atoms with Crippen LogP contribution >= 0.6 is 0 Å². The number of hydrogen-bond acceptors (Lipinski definition) is 4. The number of anilines is 1. The molecule has 8 heteroatoms. The van der Waals surface area contributed by atoms with Gasteiger partial charge in [-0.3, -0.25) is 4.90 Å². The van der Waals surface area contributed by atoms with Crippen LogP contribution in [-0.2, 0) is 28.8 Å². The Balaban J connectivity index is 0.000000236. The molecule has 152 valence electrons. The molecule has 2 aromatic rings. The van der Waals surface area contributed by atoms with Crippen molar-refractivity contribution in [2.45, 2.75) is 31.6 Å². The van der Waals surface area contributed by atoms with E-state index in [1.807, 2.05) is 6.07 Å². The van der Waals surface area contributed by atoms with E-state index < -0.39 is 22.6 Å².